The molecular weight excluding hydrogens is 431 g/mol. The number of allylic oxidation sites excluding steroid dienone is 8. The second-order valence-corrected chi connectivity index (χ2v) is 7.65. The summed E-state index contributed by atoms with van der Waals surface area (Å²) in [6.45, 7) is 7.34. The summed E-state index contributed by atoms with van der Waals surface area (Å²) < 4.78 is 0. The maximum absolute atomic E-state index is 4.85. The molecule has 0 fully saturated rings. The normalized spacial score (nSPS) is 14.1. The third-order valence-electron chi connectivity index (χ3n) is 5.41. The van der Waals surface area contributed by atoms with E-state index in [-0.39, 0.29) is 0 Å². The Hall–Kier alpha value is -4.52. The summed E-state index contributed by atoms with van der Waals surface area (Å²) in [4.78, 5) is 26.3. The summed E-state index contributed by atoms with van der Waals surface area (Å²) in [6, 6.07) is 11.6. The Morgan fingerprint density at radius 1 is 0.543 bits per heavy atom. The van der Waals surface area contributed by atoms with E-state index in [2.05, 4.69) is 33.4 Å². The van der Waals surface area contributed by atoms with Crippen LogP contribution in [-0.2, 0) is 0 Å². The molecule has 2 aromatic rings. The fourth-order valence-corrected chi connectivity index (χ4v) is 3.51. The molecule has 35 heavy (non-hydrogen) atoms. The van der Waals surface area contributed by atoms with Crippen molar-refractivity contribution in [3.8, 4) is 0 Å². The van der Waals surface area contributed by atoms with Gasteiger partial charge in [0.25, 0.3) is 0 Å². The van der Waals surface area contributed by atoms with E-state index in [0.717, 1.165) is 56.5 Å². The highest BCUT2D eigenvalue weighted by atomic mass is 14.8. The van der Waals surface area contributed by atoms with E-state index < -0.39 is 0 Å². The van der Waals surface area contributed by atoms with Crippen LogP contribution in [0.2, 0.25) is 0 Å². The smallest absolute Gasteiger partial charge is 0.197 e. The van der Waals surface area contributed by atoms with Crippen molar-refractivity contribution in [2.45, 2.75) is 0 Å². The van der Waals surface area contributed by atoms with Crippen LogP contribution in [0.5, 0.6) is 0 Å². The van der Waals surface area contributed by atoms with Gasteiger partial charge in [-0.25, -0.2) is 9.98 Å². The SMILES string of the molecule is C=Nc1ccc(N=C2C=CC(=NC)C=C2)c([B]c2cc(N=C)ccc2N=C2C=CC(=NC)C=C2)c1. The second-order valence-electron chi connectivity index (χ2n) is 7.65. The van der Waals surface area contributed by atoms with Crippen molar-refractivity contribution in [1.29, 1.82) is 0 Å². The minimum atomic E-state index is 0.755. The van der Waals surface area contributed by atoms with Gasteiger partial charge in [-0.15, -0.1) is 0 Å². The minimum absolute atomic E-state index is 0.755. The van der Waals surface area contributed by atoms with Gasteiger partial charge in [0.05, 0.1) is 45.6 Å². The van der Waals surface area contributed by atoms with Crippen LogP contribution in [0.4, 0.5) is 22.7 Å². The molecule has 0 spiro atoms. The van der Waals surface area contributed by atoms with Gasteiger partial charge >= 0.3 is 0 Å². The van der Waals surface area contributed by atoms with Crippen molar-refractivity contribution in [3.05, 3.63) is 85.0 Å². The van der Waals surface area contributed by atoms with Crippen LogP contribution in [0.3, 0.4) is 0 Å². The Kier molecular flexibility index (Phi) is 7.48. The van der Waals surface area contributed by atoms with Gasteiger partial charge in [0.1, 0.15) is 0 Å². The van der Waals surface area contributed by atoms with Gasteiger partial charge in [-0.3, -0.25) is 20.0 Å². The molecule has 2 aliphatic carbocycles. The van der Waals surface area contributed by atoms with Crippen molar-refractivity contribution in [2.24, 2.45) is 30.0 Å². The molecule has 2 aliphatic rings. The molecule has 0 bridgehead atoms. The van der Waals surface area contributed by atoms with Gasteiger partial charge in [-0.05, 0) is 98.4 Å². The van der Waals surface area contributed by atoms with E-state index in [1.165, 1.54) is 0 Å². The van der Waals surface area contributed by atoms with Crippen LogP contribution in [-0.4, -0.2) is 57.7 Å². The van der Waals surface area contributed by atoms with Crippen LogP contribution in [0, 0.1) is 0 Å². The Morgan fingerprint density at radius 3 is 1.26 bits per heavy atom. The molecule has 0 aromatic heterocycles. The molecule has 4 rings (SSSR count). The molecule has 0 amide bonds. The van der Waals surface area contributed by atoms with Crippen molar-refractivity contribution in [3.63, 3.8) is 0 Å². The molecule has 0 saturated heterocycles. The average Bonchev–Trinajstić information content (AvgIpc) is 2.91. The fraction of sp³-hybridized carbons (Fsp3) is 0.0714. The maximum Gasteiger partial charge on any atom is 0.197 e. The van der Waals surface area contributed by atoms with Gasteiger partial charge in [0.15, 0.2) is 7.28 Å². The molecule has 1 radical (unpaired) electrons. The first-order valence-electron chi connectivity index (χ1n) is 11.0. The Labute approximate surface area is 206 Å². The highest BCUT2D eigenvalue weighted by Gasteiger charge is 2.12. The van der Waals surface area contributed by atoms with E-state index in [0.29, 0.717) is 0 Å². The molecule has 0 unspecified atom stereocenters. The van der Waals surface area contributed by atoms with Crippen molar-refractivity contribution in [2.75, 3.05) is 14.1 Å². The van der Waals surface area contributed by atoms with E-state index >= 15 is 0 Å². The van der Waals surface area contributed by atoms with Crippen LogP contribution in [0.1, 0.15) is 0 Å². The number of hydrogen-bond donors (Lipinski definition) is 0. The lowest BCUT2D eigenvalue weighted by Crippen LogP contribution is -2.28. The second kappa shape index (κ2) is 11.1. The Bertz CT molecular complexity index is 1270. The van der Waals surface area contributed by atoms with Crippen molar-refractivity contribution >= 4 is 77.2 Å². The summed E-state index contributed by atoms with van der Waals surface area (Å²) in [7, 11) is 5.57. The molecule has 0 atom stereocenters. The molecule has 0 aliphatic heterocycles. The first kappa shape index (κ1) is 23.6. The molecule has 169 valence electrons. The number of benzene rings is 2. The largest absolute Gasteiger partial charge is 0.289 e. The molecule has 0 heterocycles. The van der Waals surface area contributed by atoms with Crippen LogP contribution >= 0.6 is 0 Å². The number of rotatable bonds is 6. The molecule has 7 heteroatoms. The molecule has 2 aromatic carbocycles. The predicted molar refractivity (Wildman–Crippen MR) is 154 cm³/mol. The predicted octanol–water partition coefficient (Wildman–Crippen LogP) is 4.54. The lowest BCUT2D eigenvalue weighted by molar-refractivity contribution is 1.45. The van der Waals surface area contributed by atoms with Gasteiger partial charge in [0.2, 0.25) is 0 Å². The summed E-state index contributed by atoms with van der Waals surface area (Å²) >= 11 is 0. The first-order valence-corrected chi connectivity index (χ1v) is 11.0. The van der Waals surface area contributed by atoms with Crippen LogP contribution in [0.15, 0.2) is 115 Å². The zero-order valence-corrected chi connectivity index (χ0v) is 19.8. The van der Waals surface area contributed by atoms with Crippen molar-refractivity contribution < 1.29 is 0 Å². The van der Waals surface area contributed by atoms with Gasteiger partial charge in [0, 0.05) is 14.1 Å². The quantitative estimate of drug-likeness (QED) is 0.349. The zero-order chi connectivity index (χ0) is 24.6. The molecular formula is C28H24BN6. The number of hydrogen-bond acceptors (Lipinski definition) is 6. The number of aliphatic imine (C=N–C) groups is 6. The highest BCUT2D eigenvalue weighted by Crippen LogP contribution is 2.20. The third kappa shape index (κ3) is 5.89. The van der Waals surface area contributed by atoms with Gasteiger partial charge in [-0.2, -0.15) is 0 Å². The molecule has 0 saturated carbocycles. The van der Waals surface area contributed by atoms with Gasteiger partial charge < -0.3 is 0 Å². The van der Waals surface area contributed by atoms with Gasteiger partial charge in [-0.1, -0.05) is 10.9 Å². The molecule has 0 N–H and O–H groups in total. The third-order valence-corrected chi connectivity index (χ3v) is 5.41. The summed E-state index contributed by atoms with van der Waals surface area (Å²) in [5.41, 5.74) is 8.36. The van der Waals surface area contributed by atoms with Crippen LogP contribution in [0.25, 0.3) is 0 Å². The lowest BCUT2D eigenvalue weighted by atomic mass is 9.62. The van der Waals surface area contributed by atoms with Crippen molar-refractivity contribution in [1.82, 2.24) is 0 Å². The summed E-state index contributed by atoms with van der Waals surface area (Å²) in [6.07, 6.45) is 15.5. The standard InChI is InChI=1S/C28H24BN6/c1-30-19-5-9-21(10-6-19)34-27-15-13-23(32-3)17-25(27)29-26-18-24(33-4)14-16-28(26)35-22-11-7-20(31-2)8-12-22/h5-18H,3-4H2,1-2H3. The topological polar surface area (TPSA) is 74.2 Å². The lowest BCUT2D eigenvalue weighted by Gasteiger charge is -2.11. The van der Waals surface area contributed by atoms with Crippen LogP contribution < -0.4 is 10.9 Å². The zero-order valence-electron chi connectivity index (χ0n) is 19.8. The highest BCUT2D eigenvalue weighted by molar-refractivity contribution is 6.70. The fourth-order valence-electron chi connectivity index (χ4n) is 3.51. The number of nitrogens with zero attached hydrogens (tertiary/aromatic N) is 6. The average molecular weight is 455 g/mol. The van der Waals surface area contributed by atoms with E-state index in [1.54, 1.807) is 14.1 Å². The first-order chi connectivity index (χ1) is 17.1. The van der Waals surface area contributed by atoms with E-state index in [9.17, 15) is 0 Å². The maximum atomic E-state index is 4.85. The monoisotopic (exact) mass is 455 g/mol. The molecule has 6 nitrogen and oxygen atoms in total. The Balaban J connectivity index is 1.74. The Morgan fingerprint density at radius 2 is 0.914 bits per heavy atom. The van der Waals surface area contributed by atoms with E-state index in [4.69, 9.17) is 9.98 Å². The van der Waals surface area contributed by atoms with E-state index in [1.807, 2.05) is 92.3 Å². The summed E-state index contributed by atoms with van der Waals surface area (Å²) in [5.74, 6) is 0. The summed E-state index contributed by atoms with van der Waals surface area (Å²) in [5, 5.41) is 0. The minimum Gasteiger partial charge on any atom is -0.289 e.